The van der Waals surface area contributed by atoms with E-state index >= 15 is 0 Å². The van der Waals surface area contributed by atoms with Crippen LogP contribution in [0.3, 0.4) is 0 Å². The maximum absolute atomic E-state index is 12.9. The van der Waals surface area contributed by atoms with Gasteiger partial charge in [-0.3, -0.25) is 9.80 Å². The van der Waals surface area contributed by atoms with E-state index in [0.29, 0.717) is 21.7 Å². The summed E-state index contributed by atoms with van der Waals surface area (Å²) in [5.74, 6) is 0.612. The van der Waals surface area contributed by atoms with Crippen molar-refractivity contribution in [2.75, 3.05) is 57.7 Å². The molecule has 8 nitrogen and oxygen atoms in total. The van der Waals surface area contributed by atoms with Crippen LogP contribution >= 0.6 is 11.3 Å². The van der Waals surface area contributed by atoms with E-state index in [9.17, 15) is 18.4 Å². The van der Waals surface area contributed by atoms with Crippen LogP contribution in [0.15, 0.2) is 30.6 Å². The first-order chi connectivity index (χ1) is 21.2. The summed E-state index contributed by atoms with van der Waals surface area (Å²) in [5, 5.41) is 15.2. The standard InChI is InChI=1S/C32H39F3N8S/c1-3-40-10-12-41(13-11-40)14-15-43-25(19-36)16-27-22(2)23(4-5-29(27)43)20-42-8-6-24(7-9-42)39-30-28-17-26(18-32(33,34)35)44-31(28)38-21-37-30/h4-5,16-17,21,24H,3,6-15,18,20H2,1-2H3,(H,37,38,39). The monoisotopic (exact) mass is 624 g/mol. The van der Waals surface area contributed by atoms with E-state index in [0.717, 1.165) is 101 Å². The number of aromatic nitrogens is 3. The molecule has 3 aromatic heterocycles. The van der Waals surface area contributed by atoms with Crippen LogP contribution in [0.1, 0.15) is 41.5 Å². The predicted octanol–water partition coefficient (Wildman–Crippen LogP) is 5.64. The fraction of sp³-hybridized carbons (Fsp3) is 0.531. The molecule has 0 amide bonds. The van der Waals surface area contributed by atoms with Crippen molar-refractivity contribution in [3.63, 3.8) is 0 Å². The molecule has 0 bridgehead atoms. The van der Waals surface area contributed by atoms with Crippen molar-refractivity contribution >= 4 is 38.3 Å². The number of nitrogens with zero attached hydrogens (tertiary/aromatic N) is 7. The van der Waals surface area contributed by atoms with Gasteiger partial charge in [0.15, 0.2) is 0 Å². The number of fused-ring (bicyclic) bond motifs is 2. The number of halogens is 3. The second-order valence-electron chi connectivity index (χ2n) is 12.0. The summed E-state index contributed by atoms with van der Waals surface area (Å²) < 4.78 is 40.9. The van der Waals surface area contributed by atoms with Gasteiger partial charge in [0.2, 0.25) is 0 Å². The van der Waals surface area contributed by atoms with Gasteiger partial charge < -0.3 is 14.8 Å². The molecule has 2 aliphatic rings. The lowest BCUT2D eigenvalue weighted by molar-refractivity contribution is -0.126. The summed E-state index contributed by atoms with van der Waals surface area (Å²) in [6.45, 7) is 14.2. The summed E-state index contributed by atoms with van der Waals surface area (Å²) >= 11 is 1.08. The second kappa shape index (κ2) is 13.0. The van der Waals surface area contributed by atoms with Gasteiger partial charge >= 0.3 is 6.18 Å². The van der Waals surface area contributed by atoms with Crippen LogP contribution < -0.4 is 5.32 Å². The molecule has 234 valence electrons. The highest BCUT2D eigenvalue weighted by Crippen LogP contribution is 2.33. The minimum absolute atomic E-state index is 0.191. The number of nitriles is 1. The molecule has 5 heterocycles. The minimum Gasteiger partial charge on any atom is -0.367 e. The van der Waals surface area contributed by atoms with Crippen molar-refractivity contribution in [2.24, 2.45) is 0 Å². The lowest BCUT2D eigenvalue weighted by atomic mass is 10.0. The van der Waals surface area contributed by atoms with Crippen LogP contribution in [-0.4, -0.2) is 93.8 Å². The fourth-order valence-corrected chi connectivity index (χ4v) is 7.60. The molecule has 0 saturated carbocycles. The van der Waals surface area contributed by atoms with Gasteiger partial charge in [-0.1, -0.05) is 13.0 Å². The van der Waals surface area contributed by atoms with Gasteiger partial charge in [0.25, 0.3) is 0 Å². The molecule has 6 rings (SSSR count). The molecule has 4 aromatic rings. The molecule has 1 N–H and O–H groups in total. The van der Waals surface area contributed by atoms with Crippen LogP contribution in [0.4, 0.5) is 19.0 Å². The third-order valence-corrected chi connectivity index (χ3v) is 10.3. The summed E-state index contributed by atoms with van der Waals surface area (Å²) in [6, 6.07) is 10.6. The molecule has 2 saturated heterocycles. The Labute approximate surface area is 260 Å². The predicted molar refractivity (Wildman–Crippen MR) is 169 cm³/mol. The normalized spacial score (nSPS) is 17.9. The molecule has 2 aliphatic heterocycles. The van der Waals surface area contributed by atoms with Gasteiger partial charge in [-0.25, -0.2) is 9.97 Å². The van der Waals surface area contributed by atoms with Crippen LogP contribution in [0.25, 0.3) is 21.1 Å². The second-order valence-corrected chi connectivity index (χ2v) is 13.1. The SMILES string of the molecule is CCN1CCN(CCn2c(C#N)cc3c(C)c(CN4CCC(Nc5ncnc6sc(CC(F)(F)F)cc56)CC4)ccc32)CC1. The number of likely N-dealkylation sites (tertiary alicyclic amines) is 1. The first kappa shape index (κ1) is 30.8. The summed E-state index contributed by atoms with van der Waals surface area (Å²) in [6.07, 6.45) is -1.95. The van der Waals surface area contributed by atoms with E-state index in [4.69, 9.17) is 0 Å². The number of piperazine rings is 1. The number of piperidine rings is 1. The molecule has 0 spiro atoms. The first-order valence-electron chi connectivity index (χ1n) is 15.5. The molecule has 0 atom stereocenters. The van der Waals surface area contributed by atoms with E-state index in [2.05, 4.69) is 66.6 Å². The maximum atomic E-state index is 12.9. The molecular formula is C32H39F3N8S. The Morgan fingerprint density at radius 3 is 2.43 bits per heavy atom. The Balaban J connectivity index is 1.07. The Bertz CT molecular complexity index is 1640. The Morgan fingerprint density at radius 1 is 0.977 bits per heavy atom. The number of rotatable bonds is 9. The molecular weight excluding hydrogens is 585 g/mol. The van der Waals surface area contributed by atoms with E-state index < -0.39 is 12.6 Å². The van der Waals surface area contributed by atoms with Crippen molar-refractivity contribution in [3.8, 4) is 6.07 Å². The smallest absolute Gasteiger partial charge is 0.367 e. The van der Waals surface area contributed by atoms with Gasteiger partial charge in [-0.05, 0) is 55.6 Å². The van der Waals surface area contributed by atoms with Gasteiger partial charge in [0, 0.05) is 80.7 Å². The number of thiophene rings is 1. The highest BCUT2D eigenvalue weighted by molar-refractivity contribution is 7.18. The van der Waals surface area contributed by atoms with Crippen molar-refractivity contribution in [1.82, 2.24) is 29.2 Å². The van der Waals surface area contributed by atoms with Gasteiger partial charge in [0.05, 0.1) is 11.8 Å². The van der Waals surface area contributed by atoms with Crippen LogP contribution in [-0.2, 0) is 19.5 Å². The molecule has 0 unspecified atom stereocenters. The number of nitrogens with one attached hydrogen (secondary N) is 1. The van der Waals surface area contributed by atoms with Crippen LogP contribution in [0.2, 0.25) is 0 Å². The number of anilines is 1. The van der Waals surface area contributed by atoms with Crippen molar-refractivity contribution in [3.05, 3.63) is 52.3 Å². The number of aryl methyl sites for hydroxylation is 1. The third kappa shape index (κ3) is 6.86. The number of hydrogen-bond acceptors (Lipinski definition) is 8. The Morgan fingerprint density at radius 2 is 1.73 bits per heavy atom. The fourth-order valence-electron chi connectivity index (χ4n) is 6.57. The third-order valence-electron chi connectivity index (χ3n) is 9.21. The Hall–Kier alpha value is -3.24. The molecule has 12 heteroatoms. The quantitative estimate of drug-likeness (QED) is 0.258. The van der Waals surface area contributed by atoms with Gasteiger partial charge in [-0.2, -0.15) is 18.4 Å². The molecule has 44 heavy (non-hydrogen) atoms. The largest absolute Gasteiger partial charge is 0.393 e. The highest BCUT2D eigenvalue weighted by Gasteiger charge is 2.29. The van der Waals surface area contributed by atoms with E-state index in [1.807, 2.05) is 6.07 Å². The minimum atomic E-state index is -4.25. The van der Waals surface area contributed by atoms with Crippen molar-refractivity contribution < 1.29 is 13.2 Å². The summed E-state index contributed by atoms with van der Waals surface area (Å²) in [5.41, 5.74) is 4.34. The van der Waals surface area contributed by atoms with E-state index in [-0.39, 0.29) is 10.9 Å². The van der Waals surface area contributed by atoms with E-state index in [1.54, 1.807) is 6.07 Å². The lowest BCUT2D eigenvalue weighted by Gasteiger charge is -2.34. The van der Waals surface area contributed by atoms with Crippen molar-refractivity contribution in [2.45, 2.75) is 58.4 Å². The number of hydrogen-bond donors (Lipinski definition) is 1. The van der Waals surface area contributed by atoms with Gasteiger partial charge in [0.1, 0.15) is 28.7 Å². The van der Waals surface area contributed by atoms with Crippen LogP contribution in [0.5, 0.6) is 0 Å². The zero-order valence-electron chi connectivity index (χ0n) is 25.3. The van der Waals surface area contributed by atoms with E-state index in [1.165, 1.54) is 17.5 Å². The summed E-state index contributed by atoms with van der Waals surface area (Å²) in [7, 11) is 0. The lowest BCUT2D eigenvalue weighted by Crippen LogP contribution is -2.46. The number of benzene rings is 1. The average molecular weight is 625 g/mol. The number of alkyl halides is 3. The molecule has 0 radical (unpaired) electrons. The maximum Gasteiger partial charge on any atom is 0.393 e. The summed E-state index contributed by atoms with van der Waals surface area (Å²) in [4.78, 5) is 16.8. The van der Waals surface area contributed by atoms with Crippen LogP contribution in [0, 0.1) is 18.3 Å². The molecule has 0 aliphatic carbocycles. The van der Waals surface area contributed by atoms with Crippen molar-refractivity contribution in [1.29, 1.82) is 5.26 Å². The zero-order valence-corrected chi connectivity index (χ0v) is 26.1. The zero-order chi connectivity index (χ0) is 30.8. The first-order valence-corrected chi connectivity index (χ1v) is 16.3. The van der Waals surface area contributed by atoms with Gasteiger partial charge in [-0.15, -0.1) is 11.3 Å². The molecule has 1 aromatic carbocycles. The Kier molecular flexibility index (Phi) is 9.10. The average Bonchev–Trinajstić information content (AvgIpc) is 3.59. The highest BCUT2D eigenvalue weighted by atomic mass is 32.1. The number of likely N-dealkylation sites (N-methyl/N-ethyl adjacent to an activating group) is 1. The topological polar surface area (TPSA) is 76.2 Å². The molecule has 2 fully saturated rings.